The summed E-state index contributed by atoms with van der Waals surface area (Å²) < 4.78 is 1.48. The molecule has 0 radical (unpaired) electrons. The maximum atomic E-state index is 2.56. The fourth-order valence-electron chi connectivity index (χ4n) is 4.38. The molecule has 3 aromatic carbocycles. The molecule has 2 unspecified atom stereocenters. The molecule has 2 aliphatic carbocycles. The largest absolute Gasteiger partial charge is 0.147 e. The quantitative estimate of drug-likeness (QED) is 0.298. The van der Waals surface area contributed by atoms with Crippen molar-refractivity contribution >= 4 is 43.2 Å². The Morgan fingerprint density at radius 3 is 1.66 bits per heavy atom. The van der Waals surface area contributed by atoms with Gasteiger partial charge in [0.2, 0.25) is 0 Å². The van der Waals surface area contributed by atoms with E-state index in [-0.39, 0.29) is 24.8 Å². The van der Waals surface area contributed by atoms with Gasteiger partial charge < -0.3 is 0 Å². The van der Waals surface area contributed by atoms with Crippen LogP contribution in [0.1, 0.15) is 35.2 Å². The van der Waals surface area contributed by atoms with Crippen molar-refractivity contribution in [2.75, 3.05) is 0 Å². The first-order valence-electron chi connectivity index (χ1n) is 9.68. The van der Waals surface area contributed by atoms with Gasteiger partial charge in [-0.2, -0.15) is 0 Å². The zero-order chi connectivity index (χ0) is 18.1. The van der Waals surface area contributed by atoms with Gasteiger partial charge in [0, 0.05) is 0 Å². The number of halogens is 2. The molecule has 0 fully saturated rings. The minimum Gasteiger partial charge on any atom is -0.147 e. The fourth-order valence-corrected chi connectivity index (χ4v) is 29.1. The second-order valence-electron chi connectivity index (χ2n) is 7.33. The fraction of sp³-hybridized carbons (Fsp3) is 0.120. The van der Waals surface area contributed by atoms with Crippen molar-refractivity contribution in [2.24, 2.45) is 0 Å². The van der Waals surface area contributed by atoms with E-state index in [4.69, 9.17) is 0 Å². The minimum absolute atomic E-state index is 0. The number of allylic oxidation sites excluding steroid dienone is 2. The number of benzene rings is 3. The summed E-state index contributed by atoms with van der Waals surface area (Å²) in [5.74, 6) is 0. The van der Waals surface area contributed by atoms with Crippen LogP contribution in [0, 0.1) is 0 Å². The number of fused-ring (bicyclic) bond motifs is 2. The summed E-state index contributed by atoms with van der Waals surface area (Å²) in [6, 6.07) is 30.6. The Morgan fingerprint density at radius 1 is 0.621 bits per heavy atom. The molecule has 0 nitrogen and oxygen atoms in total. The van der Waals surface area contributed by atoms with Gasteiger partial charge in [-0.3, -0.25) is 0 Å². The van der Waals surface area contributed by atoms with E-state index in [1.165, 1.54) is 22.7 Å². The van der Waals surface area contributed by atoms with Crippen molar-refractivity contribution in [3.8, 4) is 0 Å². The third kappa shape index (κ3) is 4.61. The zero-order valence-electron chi connectivity index (χ0n) is 16.1. The standard InChI is InChI=1S/2C9H7.C7H8Si.2ClH.Hf/c2*1-2-5-9-7-3-6-8(9)4-1;8-6-7-4-2-1-3-5-7;;;/h2*1-7H;1-5,8H,6H2;2*1H;. The molecule has 3 aromatic rings. The van der Waals surface area contributed by atoms with Crippen molar-refractivity contribution in [2.45, 2.75) is 13.4 Å². The molecule has 0 aromatic heterocycles. The molecule has 0 spiro atoms. The Morgan fingerprint density at radius 2 is 1.10 bits per heavy atom. The molecule has 29 heavy (non-hydrogen) atoms. The van der Waals surface area contributed by atoms with Crippen LogP contribution in [0.25, 0.3) is 12.2 Å². The van der Waals surface area contributed by atoms with E-state index >= 15 is 0 Å². The van der Waals surface area contributed by atoms with E-state index in [1.807, 2.05) is 0 Å². The molecule has 0 saturated heterocycles. The zero-order valence-corrected chi connectivity index (χ0v) is 22.5. The van der Waals surface area contributed by atoms with Gasteiger partial charge in [0.1, 0.15) is 0 Å². The molecule has 0 heterocycles. The second kappa shape index (κ2) is 10.2. The van der Waals surface area contributed by atoms with E-state index in [1.54, 1.807) is 11.1 Å². The molecule has 146 valence electrons. The average molecular weight is 602 g/mol. The maximum Gasteiger partial charge on any atom is -0.147 e. The molecule has 0 saturated carbocycles. The molecule has 0 bridgehead atoms. The van der Waals surface area contributed by atoms with Gasteiger partial charge in [0.05, 0.1) is 0 Å². The summed E-state index contributed by atoms with van der Waals surface area (Å²) in [7, 11) is 0. The van der Waals surface area contributed by atoms with Crippen LogP contribution in [-0.4, -0.2) is 6.22 Å². The van der Waals surface area contributed by atoms with Crippen molar-refractivity contribution < 1.29 is 20.1 Å². The third-order valence-corrected chi connectivity index (χ3v) is 28.8. The van der Waals surface area contributed by atoms with Crippen LogP contribution in [-0.2, 0) is 26.1 Å². The number of hydrogen-bond acceptors (Lipinski definition) is 0. The van der Waals surface area contributed by atoms with Crippen molar-refractivity contribution in [1.29, 1.82) is 0 Å². The Labute approximate surface area is 194 Å². The summed E-state index contributed by atoms with van der Waals surface area (Å²) in [6.07, 6.45) is 10.4. The molecule has 2 atom stereocenters. The normalized spacial score (nSPS) is 17.7. The van der Waals surface area contributed by atoms with E-state index in [0.29, 0.717) is 6.22 Å². The van der Waals surface area contributed by atoms with Gasteiger partial charge >= 0.3 is 171 Å². The van der Waals surface area contributed by atoms with Gasteiger partial charge in [-0.05, 0) is 0 Å². The van der Waals surface area contributed by atoms with E-state index in [2.05, 4.69) is 103 Å². The third-order valence-electron chi connectivity index (χ3n) is 5.73. The first kappa shape index (κ1) is 22.5. The van der Waals surface area contributed by atoms with Crippen LogP contribution < -0.4 is 0 Å². The number of hydrogen-bond donors (Lipinski definition) is 0. The number of rotatable bonds is 4. The molecule has 5 rings (SSSR count). The summed E-state index contributed by atoms with van der Waals surface area (Å²) >= 11 is -2.00. The van der Waals surface area contributed by atoms with Crippen molar-refractivity contribution in [1.82, 2.24) is 0 Å². The first-order valence-corrected chi connectivity index (χ1v) is 21.4. The smallest absolute Gasteiger partial charge is 0.147 e. The van der Waals surface area contributed by atoms with Crippen LogP contribution in [0.4, 0.5) is 0 Å². The van der Waals surface area contributed by atoms with E-state index < -0.39 is 20.1 Å². The maximum absolute atomic E-state index is 2.56. The van der Waals surface area contributed by atoms with Crippen molar-refractivity contribution in [3.05, 3.63) is 119 Å². The average Bonchev–Trinajstić information content (AvgIpc) is 3.34. The second-order valence-corrected chi connectivity index (χ2v) is 26.1. The van der Waals surface area contributed by atoms with Crippen LogP contribution >= 0.6 is 24.8 Å². The van der Waals surface area contributed by atoms with Crippen LogP contribution in [0.3, 0.4) is 0 Å². The van der Waals surface area contributed by atoms with Crippen LogP contribution in [0.15, 0.2) is 91.0 Å². The topological polar surface area (TPSA) is 0 Å². The van der Waals surface area contributed by atoms with Crippen LogP contribution in [0.5, 0.6) is 0 Å². The summed E-state index contributed by atoms with van der Waals surface area (Å²) in [6.45, 7) is 0. The van der Waals surface area contributed by atoms with Gasteiger partial charge in [-0.1, -0.05) is 0 Å². The molecular weight excluding hydrogens is 578 g/mol. The van der Waals surface area contributed by atoms with Crippen molar-refractivity contribution in [3.63, 3.8) is 0 Å². The Hall–Kier alpha value is -1.19. The van der Waals surface area contributed by atoms with Gasteiger partial charge in [0.25, 0.3) is 0 Å². The summed E-state index contributed by atoms with van der Waals surface area (Å²) in [4.78, 5) is 0. The molecule has 2 aliphatic rings. The van der Waals surface area contributed by atoms with E-state index in [0.717, 1.165) is 7.35 Å². The predicted octanol–water partition coefficient (Wildman–Crippen LogP) is 6.54. The molecule has 0 aliphatic heterocycles. The Balaban J connectivity index is 0.00000120. The van der Waals surface area contributed by atoms with Gasteiger partial charge in [0.15, 0.2) is 0 Å². The van der Waals surface area contributed by atoms with Gasteiger partial charge in [-0.15, -0.1) is 24.8 Å². The minimum atomic E-state index is -2.00. The molecular formula is C25H24Cl2HfSi. The Kier molecular flexibility index (Phi) is 7.92. The van der Waals surface area contributed by atoms with Gasteiger partial charge in [-0.25, -0.2) is 0 Å². The molecule has 0 amide bonds. The first-order chi connectivity index (χ1) is 13.4. The summed E-state index contributed by atoms with van der Waals surface area (Å²) in [5, 5.41) is 0. The molecule has 4 heteroatoms. The Bertz CT molecular complexity index is 1010. The predicted molar refractivity (Wildman–Crippen MR) is 128 cm³/mol. The SMILES string of the molecule is C1=C[CH]([Hf](=[SiH]Cc2ccccc2)[CH]2C=Cc3ccccc32)c2ccccc21.Cl.Cl. The van der Waals surface area contributed by atoms with E-state index in [9.17, 15) is 0 Å². The summed E-state index contributed by atoms with van der Waals surface area (Å²) in [5.41, 5.74) is 7.66. The monoisotopic (exact) mass is 602 g/mol. The molecule has 0 N–H and O–H groups in total. The van der Waals surface area contributed by atoms with Crippen LogP contribution in [0.2, 0.25) is 0 Å².